The van der Waals surface area contributed by atoms with E-state index in [1.165, 1.54) is 0 Å². The lowest BCUT2D eigenvalue weighted by Gasteiger charge is -2.44. The van der Waals surface area contributed by atoms with Gasteiger partial charge in [0.05, 0.1) is 12.0 Å². The minimum Gasteiger partial charge on any atom is -0.461 e. The summed E-state index contributed by atoms with van der Waals surface area (Å²) < 4.78 is 11.0. The number of esters is 1. The van der Waals surface area contributed by atoms with E-state index in [1.807, 2.05) is 54.6 Å². The molecule has 3 atom stereocenters. The molecule has 5 heteroatoms. The van der Waals surface area contributed by atoms with Gasteiger partial charge in [-0.05, 0) is 30.0 Å². The first-order chi connectivity index (χ1) is 13.2. The van der Waals surface area contributed by atoms with Crippen LogP contribution in [0.2, 0.25) is 0 Å². The van der Waals surface area contributed by atoms with Gasteiger partial charge in [-0.1, -0.05) is 60.7 Å². The van der Waals surface area contributed by atoms with Crippen LogP contribution in [0.1, 0.15) is 12.0 Å². The van der Waals surface area contributed by atoms with Crippen molar-refractivity contribution in [2.24, 2.45) is 11.8 Å². The van der Waals surface area contributed by atoms with Crippen molar-refractivity contribution in [3.8, 4) is 5.75 Å². The SMILES string of the molecule is O=C(OCc1ccccc1)[C@@H]1C[C@@H]2C=C[C@H]1N(C(=O)Oc1ccccc1)C2. The number of carbonyl (C=O) groups is 2. The Morgan fingerprint density at radius 3 is 2.37 bits per heavy atom. The van der Waals surface area contributed by atoms with E-state index in [0.29, 0.717) is 18.7 Å². The van der Waals surface area contributed by atoms with Crippen LogP contribution in [0.5, 0.6) is 5.75 Å². The molecule has 0 aromatic heterocycles. The highest BCUT2D eigenvalue weighted by molar-refractivity contribution is 5.78. The van der Waals surface area contributed by atoms with Gasteiger partial charge < -0.3 is 9.47 Å². The monoisotopic (exact) mass is 363 g/mol. The van der Waals surface area contributed by atoms with Crippen LogP contribution in [0.25, 0.3) is 0 Å². The van der Waals surface area contributed by atoms with Gasteiger partial charge in [0.25, 0.3) is 0 Å². The molecule has 2 aliphatic heterocycles. The summed E-state index contributed by atoms with van der Waals surface area (Å²) in [5.41, 5.74) is 0.947. The average Bonchev–Trinajstić information content (AvgIpc) is 2.73. The Bertz CT molecular complexity index is 834. The molecule has 1 fully saturated rings. The number of ether oxygens (including phenoxy) is 2. The van der Waals surface area contributed by atoms with Crippen molar-refractivity contribution in [1.82, 2.24) is 4.90 Å². The van der Waals surface area contributed by atoms with E-state index >= 15 is 0 Å². The Kier molecular flexibility index (Phi) is 4.92. The Hall–Kier alpha value is -3.08. The third-order valence-corrected chi connectivity index (χ3v) is 5.05. The van der Waals surface area contributed by atoms with Crippen LogP contribution >= 0.6 is 0 Å². The summed E-state index contributed by atoms with van der Waals surface area (Å²) >= 11 is 0. The van der Waals surface area contributed by atoms with Crippen molar-refractivity contribution in [3.63, 3.8) is 0 Å². The van der Waals surface area contributed by atoms with Gasteiger partial charge in [0.15, 0.2) is 0 Å². The minimum atomic E-state index is -0.430. The predicted molar refractivity (Wildman–Crippen MR) is 99.9 cm³/mol. The van der Waals surface area contributed by atoms with Crippen molar-refractivity contribution in [2.45, 2.75) is 19.1 Å². The highest BCUT2D eigenvalue weighted by atomic mass is 16.6. The molecule has 0 unspecified atom stereocenters. The van der Waals surface area contributed by atoms with Crippen LogP contribution in [0.4, 0.5) is 4.79 Å². The second-order valence-corrected chi connectivity index (χ2v) is 6.90. The van der Waals surface area contributed by atoms with Gasteiger partial charge in [-0.15, -0.1) is 0 Å². The molecule has 1 saturated heterocycles. The summed E-state index contributed by atoms with van der Waals surface area (Å²) in [7, 11) is 0. The molecule has 0 saturated carbocycles. The van der Waals surface area contributed by atoms with Gasteiger partial charge in [0.1, 0.15) is 12.4 Å². The number of carbonyl (C=O) groups excluding carboxylic acids is 2. The second-order valence-electron chi connectivity index (χ2n) is 6.90. The van der Waals surface area contributed by atoms with Crippen LogP contribution in [-0.2, 0) is 16.1 Å². The third kappa shape index (κ3) is 3.87. The molecule has 1 aliphatic carbocycles. The number of para-hydroxylation sites is 1. The summed E-state index contributed by atoms with van der Waals surface area (Å²) in [6.45, 7) is 0.807. The normalized spacial score (nSPS) is 23.1. The number of amides is 1. The van der Waals surface area contributed by atoms with Crippen LogP contribution in [0.15, 0.2) is 72.8 Å². The van der Waals surface area contributed by atoms with Crippen LogP contribution in [0.3, 0.4) is 0 Å². The largest absolute Gasteiger partial charge is 0.461 e. The van der Waals surface area contributed by atoms with Crippen molar-refractivity contribution >= 4 is 12.1 Å². The fraction of sp³-hybridized carbons (Fsp3) is 0.273. The van der Waals surface area contributed by atoms with Gasteiger partial charge in [0.2, 0.25) is 0 Å². The van der Waals surface area contributed by atoms with E-state index in [0.717, 1.165) is 5.56 Å². The Labute approximate surface area is 158 Å². The predicted octanol–water partition coefficient (Wildman–Crippen LogP) is 3.81. The quantitative estimate of drug-likeness (QED) is 0.612. The smallest absolute Gasteiger partial charge is 0.415 e. The van der Waals surface area contributed by atoms with Crippen molar-refractivity contribution in [3.05, 3.63) is 78.4 Å². The summed E-state index contributed by atoms with van der Waals surface area (Å²) in [5.74, 6) is 0.0138. The van der Waals surface area contributed by atoms with E-state index in [1.54, 1.807) is 17.0 Å². The van der Waals surface area contributed by atoms with Crippen LogP contribution in [0, 0.1) is 11.8 Å². The first-order valence-electron chi connectivity index (χ1n) is 9.13. The molecule has 0 spiro atoms. The molecular weight excluding hydrogens is 342 g/mol. The molecule has 138 valence electrons. The van der Waals surface area contributed by atoms with Gasteiger partial charge in [-0.3, -0.25) is 9.69 Å². The molecule has 5 rings (SSSR count). The van der Waals surface area contributed by atoms with Crippen molar-refractivity contribution < 1.29 is 19.1 Å². The lowest BCUT2D eigenvalue weighted by molar-refractivity contribution is -0.153. The van der Waals surface area contributed by atoms with E-state index in [4.69, 9.17) is 9.47 Å². The molecular formula is C22H21NO4. The molecule has 5 nitrogen and oxygen atoms in total. The molecule has 2 bridgehead atoms. The molecule has 27 heavy (non-hydrogen) atoms. The second kappa shape index (κ2) is 7.66. The van der Waals surface area contributed by atoms with Crippen molar-refractivity contribution in [1.29, 1.82) is 0 Å². The van der Waals surface area contributed by atoms with E-state index in [2.05, 4.69) is 6.08 Å². The van der Waals surface area contributed by atoms with Gasteiger partial charge in [-0.2, -0.15) is 0 Å². The lowest BCUT2D eigenvalue weighted by atomic mass is 9.78. The molecule has 0 radical (unpaired) electrons. The number of rotatable bonds is 4. The van der Waals surface area contributed by atoms with Crippen LogP contribution in [-0.4, -0.2) is 29.5 Å². The van der Waals surface area contributed by atoms with E-state index < -0.39 is 6.09 Å². The molecule has 0 N–H and O–H groups in total. The van der Waals surface area contributed by atoms with Gasteiger partial charge >= 0.3 is 12.1 Å². The maximum atomic E-state index is 12.7. The molecule has 1 amide bonds. The third-order valence-electron chi connectivity index (χ3n) is 5.05. The highest BCUT2D eigenvalue weighted by Gasteiger charge is 2.44. The summed E-state index contributed by atoms with van der Waals surface area (Å²) in [6.07, 6.45) is 4.28. The number of hydrogen-bond acceptors (Lipinski definition) is 4. The first-order valence-corrected chi connectivity index (χ1v) is 9.13. The molecule has 2 aromatic carbocycles. The topological polar surface area (TPSA) is 55.8 Å². The number of hydrogen-bond donors (Lipinski definition) is 0. The zero-order valence-corrected chi connectivity index (χ0v) is 14.9. The minimum absolute atomic E-state index is 0.146. The first kappa shape index (κ1) is 17.3. The Morgan fingerprint density at radius 2 is 1.67 bits per heavy atom. The zero-order chi connectivity index (χ0) is 18.6. The Balaban J connectivity index is 1.42. The van der Waals surface area contributed by atoms with Gasteiger partial charge in [0, 0.05) is 6.54 Å². The standard InChI is InChI=1S/C22H21NO4/c24-21(26-15-16-7-3-1-4-8-16)19-13-17-11-12-20(19)23(14-17)22(25)27-18-9-5-2-6-10-18/h1-12,17,19-20H,13-15H2/t17-,19+,20+/m0/s1. The summed E-state index contributed by atoms with van der Waals surface area (Å²) in [5, 5.41) is 0. The highest BCUT2D eigenvalue weighted by Crippen LogP contribution is 2.35. The number of benzene rings is 2. The van der Waals surface area contributed by atoms with Gasteiger partial charge in [-0.25, -0.2) is 4.79 Å². The molecule has 2 aromatic rings. The van der Waals surface area contributed by atoms with Crippen molar-refractivity contribution in [2.75, 3.05) is 6.54 Å². The number of nitrogens with zero attached hydrogens (tertiary/aromatic N) is 1. The summed E-state index contributed by atoms with van der Waals surface area (Å²) in [6, 6.07) is 18.2. The van der Waals surface area contributed by atoms with Crippen LogP contribution < -0.4 is 4.74 Å². The number of fused-ring (bicyclic) bond motifs is 2. The van der Waals surface area contributed by atoms with E-state index in [9.17, 15) is 9.59 Å². The zero-order valence-electron chi connectivity index (χ0n) is 14.9. The summed E-state index contributed by atoms with van der Waals surface area (Å²) in [4.78, 5) is 26.9. The fourth-order valence-corrected chi connectivity index (χ4v) is 3.70. The molecule has 2 heterocycles. The Morgan fingerprint density at radius 1 is 0.963 bits per heavy atom. The fourth-order valence-electron chi connectivity index (χ4n) is 3.70. The average molecular weight is 363 g/mol. The maximum Gasteiger partial charge on any atom is 0.415 e. The van der Waals surface area contributed by atoms with E-state index in [-0.39, 0.29) is 30.5 Å². The maximum absolute atomic E-state index is 12.7. The number of piperidine rings is 1. The lowest BCUT2D eigenvalue weighted by Crippen LogP contribution is -2.55. The molecule has 3 aliphatic rings.